The topological polar surface area (TPSA) is 69.6 Å². The zero-order chi connectivity index (χ0) is 14.5. The van der Waals surface area contributed by atoms with Gasteiger partial charge in [0.05, 0.1) is 13.0 Å². The first-order valence-electron chi connectivity index (χ1n) is 6.68. The van der Waals surface area contributed by atoms with Crippen LogP contribution in [-0.2, 0) is 9.59 Å². The number of carbonyl (C=O) groups excluding carboxylic acids is 1. The minimum absolute atomic E-state index is 0.0193. The van der Waals surface area contributed by atoms with Gasteiger partial charge >= 0.3 is 5.97 Å². The number of nitrogens with one attached hydrogen (secondary N) is 1. The van der Waals surface area contributed by atoms with Crippen LogP contribution in [0.4, 0.5) is 0 Å². The van der Waals surface area contributed by atoms with E-state index >= 15 is 0 Å². The van der Waals surface area contributed by atoms with Gasteiger partial charge in [0, 0.05) is 29.6 Å². The first kappa shape index (κ1) is 16.3. The fraction of sp³-hybridized carbons (Fsp3) is 0.846. The first-order chi connectivity index (χ1) is 8.84. The van der Waals surface area contributed by atoms with Crippen LogP contribution in [0.3, 0.4) is 0 Å². The molecule has 1 aliphatic heterocycles. The van der Waals surface area contributed by atoms with E-state index < -0.39 is 5.97 Å². The highest BCUT2D eigenvalue weighted by atomic mass is 32.2. The molecule has 5 nitrogen and oxygen atoms in total. The second-order valence-corrected chi connectivity index (χ2v) is 6.73. The van der Waals surface area contributed by atoms with Gasteiger partial charge in [-0.2, -0.15) is 11.8 Å². The number of aliphatic carboxylic acids is 1. The van der Waals surface area contributed by atoms with Crippen molar-refractivity contribution < 1.29 is 14.7 Å². The highest BCUT2D eigenvalue weighted by Crippen LogP contribution is 2.19. The maximum atomic E-state index is 12.0. The van der Waals surface area contributed by atoms with Gasteiger partial charge in [0.2, 0.25) is 5.91 Å². The second kappa shape index (κ2) is 7.14. The Morgan fingerprint density at radius 3 is 2.74 bits per heavy atom. The Morgan fingerprint density at radius 2 is 2.16 bits per heavy atom. The summed E-state index contributed by atoms with van der Waals surface area (Å²) in [5, 5.41) is 11.9. The van der Waals surface area contributed by atoms with Crippen molar-refractivity contribution in [1.82, 2.24) is 10.2 Å². The van der Waals surface area contributed by atoms with E-state index in [2.05, 4.69) is 5.32 Å². The van der Waals surface area contributed by atoms with E-state index in [1.165, 1.54) is 0 Å². The van der Waals surface area contributed by atoms with Crippen LogP contribution in [0.15, 0.2) is 0 Å². The largest absolute Gasteiger partial charge is 0.481 e. The molecule has 0 saturated carbocycles. The van der Waals surface area contributed by atoms with Crippen molar-refractivity contribution in [3.8, 4) is 0 Å². The summed E-state index contributed by atoms with van der Waals surface area (Å²) in [5.74, 6) is 0.929. The van der Waals surface area contributed by atoms with Gasteiger partial charge in [0.15, 0.2) is 0 Å². The van der Waals surface area contributed by atoms with Crippen LogP contribution in [0.5, 0.6) is 0 Å². The molecule has 2 N–H and O–H groups in total. The summed E-state index contributed by atoms with van der Waals surface area (Å²) in [5.41, 5.74) is -0.204. The molecule has 1 aliphatic rings. The lowest BCUT2D eigenvalue weighted by Gasteiger charge is -2.35. The number of nitrogens with zero attached hydrogens (tertiary/aromatic N) is 1. The summed E-state index contributed by atoms with van der Waals surface area (Å²) in [6.07, 6.45) is 0.977. The van der Waals surface area contributed by atoms with E-state index in [1.54, 1.807) is 11.8 Å². The highest BCUT2D eigenvalue weighted by molar-refractivity contribution is 7.99. The molecule has 0 aromatic rings. The van der Waals surface area contributed by atoms with Gasteiger partial charge in [-0.25, -0.2) is 0 Å². The summed E-state index contributed by atoms with van der Waals surface area (Å²) in [6, 6.07) is -0.0354. The highest BCUT2D eigenvalue weighted by Gasteiger charge is 2.27. The average molecular weight is 288 g/mol. The monoisotopic (exact) mass is 288 g/mol. The third-order valence-electron chi connectivity index (χ3n) is 3.47. The minimum Gasteiger partial charge on any atom is -0.481 e. The van der Waals surface area contributed by atoms with Crippen molar-refractivity contribution in [2.45, 2.75) is 45.2 Å². The summed E-state index contributed by atoms with van der Waals surface area (Å²) in [6.45, 7) is 7.09. The Morgan fingerprint density at radius 1 is 1.47 bits per heavy atom. The molecule has 1 unspecified atom stereocenters. The molecule has 1 rings (SSSR count). The van der Waals surface area contributed by atoms with E-state index in [1.807, 2.05) is 25.7 Å². The fourth-order valence-corrected chi connectivity index (χ4v) is 3.11. The lowest BCUT2D eigenvalue weighted by atomic mass is 10.0. The van der Waals surface area contributed by atoms with Crippen LogP contribution in [0.1, 0.15) is 33.6 Å². The van der Waals surface area contributed by atoms with Gasteiger partial charge in [-0.05, 0) is 20.3 Å². The number of rotatable bonds is 6. The average Bonchev–Trinajstić information content (AvgIpc) is 2.30. The molecule has 1 fully saturated rings. The smallest absolute Gasteiger partial charge is 0.304 e. The number of carbonyl (C=O) groups is 2. The van der Waals surface area contributed by atoms with Crippen LogP contribution in [0.25, 0.3) is 0 Å². The minimum atomic E-state index is -0.799. The standard InChI is InChI=1S/C13H24N2O3S/c1-4-13(2,3)14-11(16)8-15-5-6-19-9-10(15)7-12(17)18/h10H,4-9H2,1-3H3,(H,14,16)(H,17,18). The molecule has 1 saturated heterocycles. The van der Waals surface area contributed by atoms with E-state index in [0.29, 0.717) is 6.54 Å². The Balaban J connectivity index is 2.52. The molecule has 6 heteroatoms. The number of thioether (sulfide) groups is 1. The molecule has 0 radical (unpaired) electrons. The van der Waals surface area contributed by atoms with E-state index in [0.717, 1.165) is 24.5 Å². The quantitative estimate of drug-likeness (QED) is 0.768. The van der Waals surface area contributed by atoms with Gasteiger partial charge < -0.3 is 10.4 Å². The number of hydrogen-bond donors (Lipinski definition) is 2. The number of carboxylic acids is 1. The van der Waals surface area contributed by atoms with E-state index in [4.69, 9.17) is 5.11 Å². The van der Waals surface area contributed by atoms with Crippen LogP contribution >= 0.6 is 11.8 Å². The predicted octanol–water partition coefficient (Wildman–Crippen LogP) is 1.18. The van der Waals surface area contributed by atoms with Gasteiger partial charge in [-0.15, -0.1) is 0 Å². The van der Waals surface area contributed by atoms with Crippen LogP contribution in [0, 0.1) is 0 Å². The first-order valence-corrected chi connectivity index (χ1v) is 7.84. The third kappa shape index (κ3) is 5.82. The van der Waals surface area contributed by atoms with Crippen LogP contribution in [-0.4, -0.2) is 58.1 Å². The SMILES string of the molecule is CCC(C)(C)NC(=O)CN1CCSCC1CC(=O)O. The van der Waals surface area contributed by atoms with Crippen molar-refractivity contribution in [3.63, 3.8) is 0 Å². The summed E-state index contributed by atoms with van der Waals surface area (Å²) in [7, 11) is 0. The zero-order valence-electron chi connectivity index (χ0n) is 11.9. The molecule has 0 aliphatic carbocycles. The molecule has 0 aromatic carbocycles. The van der Waals surface area contributed by atoms with Crippen LogP contribution < -0.4 is 5.32 Å². The molecular formula is C13H24N2O3S. The van der Waals surface area contributed by atoms with Crippen molar-refractivity contribution in [1.29, 1.82) is 0 Å². The summed E-state index contributed by atoms with van der Waals surface area (Å²) in [4.78, 5) is 24.8. The van der Waals surface area contributed by atoms with E-state index in [9.17, 15) is 9.59 Å². The molecule has 1 heterocycles. The molecule has 0 spiro atoms. The Kier molecular flexibility index (Phi) is 6.13. The maximum Gasteiger partial charge on any atom is 0.304 e. The van der Waals surface area contributed by atoms with Crippen LogP contribution in [0.2, 0.25) is 0 Å². The number of hydrogen-bond acceptors (Lipinski definition) is 4. The predicted molar refractivity (Wildman–Crippen MR) is 77.5 cm³/mol. The Hall–Kier alpha value is -0.750. The number of amides is 1. The normalized spacial score (nSPS) is 21.1. The molecular weight excluding hydrogens is 264 g/mol. The molecule has 0 bridgehead atoms. The van der Waals surface area contributed by atoms with Crippen molar-refractivity contribution >= 4 is 23.6 Å². The maximum absolute atomic E-state index is 12.0. The van der Waals surface area contributed by atoms with Crippen molar-refractivity contribution in [3.05, 3.63) is 0 Å². The Bertz CT molecular complexity index is 334. The zero-order valence-corrected chi connectivity index (χ0v) is 12.8. The Labute approximate surface area is 119 Å². The molecule has 110 valence electrons. The van der Waals surface area contributed by atoms with E-state index in [-0.39, 0.29) is 23.9 Å². The second-order valence-electron chi connectivity index (χ2n) is 5.58. The number of carboxylic acid groups (broad SMARTS) is 1. The van der Waals surface area contributed by atoms with Gasteiger partial charge in [0.25, 0.3) is 0 Å². The fourth-order valence-electron chi connectivity index (χ4n) is 1.98. The molecule has 1 amide bonds. The van der Waals surface area contributed by atoms with Gasteiger partial charge in [-0.1, -0.05) is 6.92 Å². The summed E-state index contributed by atoms with van der Waals surface area (Å²) >= 11 is 1.76. The molecule has 19 heavy (non-hydrogen) atoms. The lowest BCUT2D eigenvalue weighted by Crippen LogP contribution is -2.52. The van der Waals surface area contributed by atoms with Crippen molar-refractivity contribution in [2.75, 3.05) is 24.6 Å². The summed E-state index contributed by atoms with van der Waals surface area (Å²) < 4.78 is 0. The lowest BCUT2D eigenvalue weighted by molar-refractivity contribution is -0.139. The third-order valence-corrected chi connectivity index (χ3v) is 4.56. The van der Waals surface area contributed by atoms with Gasteiger partial charge in [-0.3, -0.25) is 14.5 Å². The van der Waals surface area contributed by atoms with Crippen molar-refractivity contribution in [2.24, 2.45) is 0 Å². The molecule has 0 aromatic heterocycles. The van der Waals surface area contributed by atoms with Gasteiger partial charge in [0.1, 0.15) is 0 Å². The molecule has 1 atom stereocenters.